The van der Waals surface area contributed by atoms with Crippen LogP contribution in [-0.2, 0) is 11.2 Å². The third-order valence-electron chi connectivity index (χ3n) is 4.38. The molecule has 1 fully saturated rings. The van der Waals surface area contributed by atoms with Crippen LogP contribution in [0.4, 0.5) is 4.79 Å². The maximum atomic E-state index is 12.0. The Labute approximate surface area is 136 Å². The second-order valence-electron chi connectivity index (χ2n) is 6.08. The molecule has 2 aromatic rings. The van der Waals surface area contributed by atoms with Crippen LogP contribution in [0.1, 0.15) is 18.9 Å². The van der Waals surface area contributed by atoms with Crippen molar-refractivity contribution in [1.82, 2.24) is 15.6 Å². The molecule has 0 spiro atoms. The fourth-order valence-corrected chi connectivity index (χ4v) is 3.00. The van der Waals surface area contributed by atoms with E-state index in [0.29, 0.717) is 19.1 Å². The highest BCUT2D eigenvalue weighted by molar-refractivity contribution is 5.82. The fourth-order valence-electron chi connectivity index (χ4n) is 3.00. The number of urea groups is 1. The molecule has 1 aliphatic rings. The molecule has 1 aromatic carbocycles. The number of benzene rings is 1. The third kappa shape index (κ3) is 3.99. The molecule has 2 N–H and O–H groups in total. The highest BCUT2D eigenvalue weighted by Gasteiger charge is 2.23. The van der Waals surface area contributed by atoms with Crippen LogP contribution in [0.5, 0.6) is 0 Å². The summed E-state index contributed by atoms with van der Waals surface area (Å²) in [5, 5.41) is 7.15. The van der Waals surface area contributed by atoms with Gasteiger partial charge in [-0.25, -0.2) is 4.79 Å². The monoisotopic (exact) mass is 313 g/mol. The maximum Gasteiger partial charge on any atom is 0.315 e. The number of nitrogens with zero attached hydrogens (tertiary/aromatic N) is 1. The topological polar surface area (TPSA) is 63.2 Å². The summed E-state index contributed by atoms with van der Waals surface area (Å²) >= 11 is 0. The van der Waals surface area contributed by atoms with Crippen LogP contribution in [0.25, 0.3) is 10.9 Å². The molecule has 3 rings (SSSR count). The average molecular weight is 313 g/mol. The van der Waals surface area contributed by atoms with E-state index < -0.39 is 0 Å². The zero-order valence-electron chi connectivity index (χ0n) is 13.4. The Hall–Kier alpha value is -2.14. The minimum Gasteiger partial charge on any atom is -0.381 e. The molecule has 23 heavy (non-hydrogen) atoms. The molecule has 0 radical (unpaired) electrons. The van der Waals surface area contributed by atoms with Gasteiger partial charge in [-0.05, 0) is 36.5 Å². The van der Waals surface area contributed by atoms with Crippen molar-refractivity contribution in [2.24, 2.45) is 5.92 Å². The number of aromatic nitrogens is 1. The average Bonchev–Trinajstić information content (AvgIpc) is 2.57. The molecule has 1 aromatic heterocycles. The quantitative estimate of drug-likeness (QED) is 0.911. The van der Waals surface area contributed by atoms with Crippen LogP contribution in [0.2, 0.25) is 0 Å². The molecular weight excluding hydrogens is 290 g/mol. The molecule has 5 nitrogen and oxygen atoms in total. The number of amides is 2. The number of carbonyl (C=O) groups is 1. The Bertz CT molecular complexity index is 669. The van der Waals surface area contributed by atoms with Gasteiger partial charge in [0.15, 0.2) is 0 Å². The molecule has 122 valence electrons. The number of rotatable bonds is 4. The molecule has 0 bridgehead atoms. The summed E-state index contributed by atoms with van der Waals surface area (Å²) in [6.07, 6.45) is 3.49. The minimum atomic E-state index is -0.0953. The molecule has 2 unspecified atom stereocenters. The van der Waals surface area contributed by atoms with Crippen molar-refractivity contribution in [3.63, 3.8) is 0 Å². The first-order valence-electron chi connectivity index (χ1n) is 8.19. The standard InChI is InChI=1S/C18H23N3O2/c1-13-12-23-11-8-16(13)21-18(22)20-10-7-14-6-9-19-17-5-3-2-4-15(14)17/h2-6,9,13,16H,7-8,10-12H2,1H3,(H2,20,21,22). The summed E-state index contributed by atoms with van der Waals surface area (Å²) in [5.74, 6) is 0.360. The molecule has 2 atom stereocenters. The second-order valence-corrected chi connectivity index (χ2v) is 6.08. The van der Waals surface area contributed by atoms with Gasteiger partial charge in [0.2, 0.25) is 0 Å². The van der Waals surface area contributed by atoms with Crippen molar-refractivity contribution in [2.75, 3.05) is 19.8 Å². The van der Waals surface area contributed by atoms with Crippen LogP contribution < -0.4 is 10.6 Å². The Morgan fingerprint density at radius 3 is 3.09 bits per heavy atom. The number of hydrogen-bond acceptors (Lipinski definition) is 3. The summed E-state index contributed by atoms with van der Waals surface area (Å²) in [7, 11) is 0. The molecule has 1 aliphatic heterocycles. The normalized spacial score (nSPS) is 21.1. The van der Waals surface area contributed by atoms with Crippen molar-refractivity contribution in [3.05, 3.63) is 42.1 Å². The Morgan fingerprint density at radius 1 is 1.35 bits per heavy atom. The highest BCUT2D eigenvalue weighted by atomic mass is 16.5. The van der Waals surface area contributed by atoms with E-state index in [-0.39, 0.29) is 12.1 Å². The Kier molecular flexibility index (Phi) is 5.08. The van der Waals surface area contributed by atoms with Gasteiger partial charge in [-0.2, -0.15) is 0 Å². The molecule has 0 aliphatic carbocycles. The smallest absolute Gasteiger partial charge is 0.315 e. The lowest BCUT2D eigenvalue weighted by Crippen LogP contribution is -2.48. The van der Waals surface area contributed by atoms with Gasteiger partial charge in [0, 0.05) is 30.8 Å². The van der Waals surface area contributed by atoms with Crippen molar-refractivity contribution >= 4 is 16.9 Å². The SMILES string of the molecule is CC1COCCC1NC(=O)NCCc1ccnc2ccccc12. The maximum absolute atomic E-state index is 12.0. The van der Waals surface area contributed by atoms with Gasteiger partial charge in [-0.3, -0.25) is 4.98 Å². The zero-order chi connectivity index (χ0) is 16.1. The van der Waals surface area contributed by atoms with Gasteiger partial charge in [0.1, 0.15) is 0 Å². The van der Waals surface area contributed by atoms with E-state index in [1.807, 2.05) is 30.5 Å². The Balaban J connectivity index is 1.51. The third-order valence-corrected chi connectivity index (χ3v) is 4.38. The van der Waals surface area contributed by atoms with Gasteiger partial charge >= 0.3 is 6.03 Å². The lowest BCUT2D eigenvalue weighted by molar-refractivity contribution is 0.0419. The summed E-state index contributed by atoms with van der Waals surface area (Å²) in [6.45, 7) is 4.15. The first-order chi connectivity index (χ1) is 11.2. The Morgan fingerprint density at radius 2 is 2.22 bits per heavy atom. The molecule has 2 heterocycles. The number of hydrogen-bond donors (Lipinski definition) is 2. The number of ether oxygens (including phenoxy) is 1. The molecule has 5 heteroatoms. The predicted molar refractivity (Wildman–Crippen MR) is 90.4 cm³/mol. The molecular formula is C18H23N3O2. The first-order valence-corrected chi connectivity index (χ1v) is 8.19. The lowest BCUT2D eigenvalue weighted by atomic mass is 9.98. The second kappa shape index (κ2) is 7.42. The molecule has 2 amide bonds. The lowest BCUT2D eigenvalue weighted by Gasteiger charge is -2.29. The van der Waals surface area contributed by atoms with Gasteiger partial charge in [-0.1, -0.05) is 25.1 Å². The largest absolute Gasteiger partial charge is 0.381 e. The van der Waals surface area contributed by atoms with Crippen molar-refractivity contribution < 1.29 is 9.53 Å². The fraction of sp³-hybridized carbons (Fsp3) is 0.444. The van der Waals surface area contributed by atoms with Crippen LogP contribution in [-0.4, -0.2) is 36.8 Å². The van der Waals surface area contributed by atoms with Crippen molar-refractivity contribution in [1.29, 1.82) is 0 Å². The number of carbonyl (C=O) groups excluding carboxylic acids is 1. The van der Waals surface area contributed by atoms with E-state index in [2.05, 4.69) is 28.6 Å². The van der Waals surface area contributed by atoms with Gasteiger partial charge in [-0.15, -0.1) is 0 Å². The van der Waals surface area contributed by atoms with Crippen LogP contribution >= 0.6 is 0 Å². The van der Waals surface area contributed by atoms with Crippen LogP contribution in [0.3, 0.4) is 0 Å². The molecule has 0 saturated carbocycles. The summed E-state index contributed by atoms with van der Waals surface area (Å²) < 4.78 is 5.40. The molecule has 1 saturated heterocycles. The number of fused-ring (bicyclic) bond motifs is 1. The van der Waals surface area contributed by atoms with E-state index in [0.717, 1.165) is 30.4 Å². The first kappa shape index (κ1) is 15.7. The van der Waals surface area contributed by atoms with Crippen LogP contribution in [0, 0.1) is 5.92 Å². The number of pyridine rings is 1. The van der Waals surface area contributed by atoms with E-state index in [4.69, 9.17) is 4.74 Å². The number of para-hydroxylation sites is 1. The van der Waals surface area contributed by atoms with Gasteiger partial charge in [0.05, 0.1) is 12.1 Å². The van der Waals surface area contributed by atoms with E-state index >= 15 is 0 Å². The van der Waals surface area contributed by atoms with Gasteiger partial charge in [0.25, 0.3) is 0 Å². The van der Waals surface area contributed by atoms with Gasteiger partial charge < -0.3 is 15.4 Å². The highest BCUT2D eigenvalue weighted by Crippen LogP contribution is 2.16. The predicted octanol–water partition coefficient (Wildman–Crippen LogP) is 2.50. The summed E-state index contributed by atoms with van der Waals surface area (Å²) in [5.41, 5.74) is 2.20. The van der Waals surface area contributed by atoms with Crippen LogP contribution in [0.15, 0.2) is 36.5 Å². The van der Waals surface area contributed by atoms with E-state index in [9.17, 15) is 4.79 Å². The van der Waals surface area contributed by atoms with E-state index in [1.165, 1.54) is 5.56 Å². The number of nitrogens with one attached hydrogen (secondary N) is 2. The van der Waals surface area contributed by atoms with E-state index in [1.54, 1.807) is 0 Å². The van der Waals surface area contributed by atoms with Crippen molar-refractivity contribution in [2.45, 2.75) is 25.8 Å². The zero-order valence-corrected chi connectivity index (χ0v) is 13.4. The summed E-state index contributed by atoms with van der Waals surface area (Å²) in [6, 6.07) is 10.2. The summed E-state index contributed by atoms with van der Waals surface area (Å²) in [4.78, 5) is 16.4. The van der Waals surface area contributed by atoms with Crippen molar-refractivity contribution in [3.8, 4) is 0 Å². The minimum absolute atomic E-state index is 0.0953.